The summed E-state index contributed by atoms with van der Waals surface area (Å²) in [6.45, 7) is 0.958. The van der Waals surface area contributed by atoms with Crippen molar-refractivity contribution < 1.29 is 0 Å². The van der Waals surface area contributed by atoms with Crippen molar-refractivity contribution in [1.82, 2.24) is 21.0 Å². The fourth-order valence-electron chi connectivity index (χ4n) is 1.18. The van der Waals surface area contributed by atoms with Crippen molar-refractivity contribution in [3.63, 3.8) is 0 Å². The molecule has 0 radical (unpaired) electrons. The van der Waals surface area contributed by atoms with Crippen molar-refractivity contribution in [2.45, 2.75) is 0 Å². The van der Waals surface area contributed by atoms with Crippen LogP contribution in [0.2, 0.25) is 0 Å². The highest BCUT2D eigenvalue weighted by Gasteiger charge is 1.88. The van der Waals surface area contributed by atoms with Gasteiger partial charge in [-0.3, -0.25) is 5.10 Å². The summed E-state index contributed by atoms with van der Waals surface area (Å²) in [5.74, 6) is 0. The van der Waals surface area contributed by atoms with Crippen LogP contribution in [0, 0.1) is 0 Å². The number of nitrogens with zero attached hydrogens (tertiary/aromatic N) is 1. The summed E-state index contributed by atoms with van der Waals surface area (Å²) in [7, 11) is 0. The minimum absolute atomic E-state index is 0.958. The third-order valence-corrected chi connectivity index (χ3v) is 1.87. The van der Waals surface area contributed by atoms with Crippen LogP contribution in [0.1, 0.15) is 0 Å². The number of hydrogen-bond donors (Lipinski definition) is 3. The molecule has 3 rings (SSSR count). The third-order valence-electron chi connectivity index (χ3n) is 1.87. The van der Waals surface area contributed by atoms with Crippen LogP contribution in [0.3, 0.4) is 0 Å². The van der Waals surface area contributed by atoms with Crippen molar-refractivity contribution in [2.75, 3.05) is 6.54 Å². The van der Waals surface area contributed by atoms with E-state index >= 15 is 0 Å². The second kappa shape index (κ2) is 4.43. The van der Waals surface area contributed by atoms with E-state index < -0.39 is 0 Å². The highest BCUT2D eigenvalue weighted by Crippen LogP contribution is 2.06. The standard InChI is InChI=1S/C7H6N2.C3H6N2/c1-2-4-7-6(3-1)5-8-9-7;1-2-4-5-3-1/h1-5H,(H,8,9);1-2,4-5H,3H2. The molecule has 0 spiro atoms. The van der Waals surface area contributed by atoms with Gasteiger partial charge in [-0.15, -0.1) is 0 Å². The summed E-state index contributed by atoms with van der Waals surface area (Å²) in [5.41, 5.74) is 6.75. The number of rotatable bonds is 0. The van der Waals surface area contributed by atoms with Crippen molar-refractivity contribution in [3.8, 4) is 0 Å². The molecule has 0 saturated carbocycles. The molecule has 0 bridgehead atoms. The van der Waals surface area contributed by atoms with Gasteiger partial charge in [0, 0.05) is 18.1 Å². The number of hydrogen-bond acceptors (Lipinski definition) is 3. The average Bonchev–Trinajstić information content (AvgIpc) is 2.92. The van der Waals surface area contributed by atoms with E-state index in [1.54, 1.807) is 0 Å². The number of aromatic amines is 1. The van der Waals surface area contributed by atoms with Crippen LogP contribution < -0.4 is 10.9 Å². The van der Waals surface area contributed by atoms with E-state index in [0.29, 0.717) is 0 Å². The van der Waals surface area contributed by atoms with Crippen LogP contribution in [-0.2, 0) is 0 Å². The molecule has 3 N–H and O–H groups in total. The maximum absolute atomic E-state index is 3.88. The van der Waals surface area contributed by atoms with E-state index in [4.69, 9.17) is 0 Å². The zero-order valence-electron chi connectivity index (χ0n) is 7.70. The maximum atomic E-state index is 3.88. The van der Waals surface area contributed by atoms with Gasteiger partial charge in [0.15, 0.2) is 0 Å². The van der Waals surface area contributed by atoms with Crippen LogP contribution >= 0.6 is 0 Å². The molecule has 2 aromatic rings. The SMILES string of the molecule is C1=CNNC1.c1ccc2[nH]ncc2c1. The Bertz CT molecular complexity index is 382. The van der Waals surface area contributed by atoms with Gasteiger partial charge in [-0.1, -0.05) is 24.3 Å². The lowest BCUT2D eigenvalue weighted by Crippen LogP contribution is -2.19. The van der Waals surface area contributed by atoms with E-state index in [1.165, 1.54) is 0 Å². The Morgan fingerprint density at radius 1 is 1.21 bits per heavy atom. The van der Waals surface area contributed by atoms with Crippen LogP contribution in [0.5, 0.6) is 0 Å². The van der Waals surface area contributed by atoms with E-state index in [1.807, 2.05) is 42.7 Å². The van der Waals surface area contributed by atoms with E-state index in [9.17, 15) is 0 Å². The first-order valence-corrected chi connectivity index (χ1v) is 4.48. The molecular formula is C10H12N4. The van der Waals surface area contributed by atoms with Crippen LogP contribution in [0.4, 0.5) is 0 Å². The minimum atomic E-state index is 0.958. The molecule has 0 unspecified atom stereocenters. The topological polar surface area (TPSA) is 52.7 Å². The normalized spacial score (nSPS) is 13.4. The highest BCUT2D eigenvalue weighted by molar-refractivity contribution is 5.77. The number of nitrogens with one attached hydrogen (secondary N) is 3. The summed E-state index contributed by atoms with van der Waals surface area (Å²) >= 11 is 0. The van der Waals surface area contributed by atoms with E-state index in [0.717, 1.165) is 17.4 Å². The van der Waals surface area contributed by atoms with Crippen molar-refractivity contribution in [2.24, 2.45) is 0 Å². The van der Waals surface area contributed by atoms with Gasteiger partial charge in [0.1, 0.15) is 0 Å². The predicted molar refractivity (Wildman–Crippen MR) is 56.4 cm³/mol. The quantitative estimate of drug-likeness (QED) is 0.581. The fraction of sp³-hybridized carbons (Fsp3) is 0.100. The van der Waals surface area contributed by atoms with Gasteiger partial charge in [0.05, 0.1) is 11.7 Å². The molecule has 2 heterocycles. The van der Waals surface area contributed by atoms with Gasteiger partial charge >= 0.3 is 0 Å². The van der Waals surface area contributed by atoms with Crippen LogP contribution in [0.25, 0.3) is 10.9 Å². The Kier molecular flexibility index (Phi) is 2.78. The van der Waals surface area contributed by atoms with Crippen LogP contribution in [-0.4, -0.2) is 16.7 Å². The summed E-state index contributed by atoms with van der Waals surface area (Å²) in [6, 6.07) is 8.01. The second-order valence-corrected chi connectivity index (χ2v) is 2.88. The Morgan fingerprint density at radius 2 is 2.14 bits per heavy atom. The number of fused-ring (bicyclic) bond motifs is 1. The predicted octanol–water partition coefficient (Wildman–Crippen LogP) is 1.17. The first-order valence-electron chi connectivity index (χ1n) is 4.48. The Balaban J connectivity index is 0.000000128. The first-order chi connectivity index (χ1) is 6.97. The van der Waals surface area contributed by atoms with Gasteiger partial charge < -0.3 is 5.43 Å². The molecule has 14 heavy (non-hydrogen) atoms. The molecule has 72 valence electrons. The third kappa shape index (κ3) is 2.11. The maximum Gasteiger partial charge on any atom is 0.0650 e. The molecule has 1 aliphatic heterocycles. The Labute approximate surface area is 82.0 Å². The molecule has 0 fully saturated rings. The molecule has 0 aliphatic carbocycles. The molecule has 1 aromatic heterocycles. The van der Waals surface area contributed by atoms with Gasteiger partial charge in [0.25, 0.3) is 0 Å². The number of hydrazine groups is 1. The lowest BCUT2D eigenvalue weighted by atomic mass is 10.3. The molecule has 0 atom stereocenters. The molecule has 1 aromatic carbocycles. The monoisotopic (exact) mass is 188 g/mol. The lowest BCUT2D eigenvalue weighted by molar-refractivity contribution is 0.727. The number of para-hydroxylation sites is 1. The smallest absolute Gasteiger partial charge is 0.0650 e. The number of benzene rings is 1. The summed E-state index contributed by atoms with van der Waals surface area (Å²) < 4.78 is 0. The van der Waals surface area contributed by atoms with Gasteiger partial charge in [0.2, 0.25) is 0 Å². The Hall–Kier alpha value is -1.81. The van der Waals surface area contributed by atoms with Crippen molar-refractivity contribution >= 4 is 10.9 Å². The second-order valence-electron chi connectivity index (χ2n) is 2.88. The zero-order chi connectivity index (χ0) is 9.64. The molecule has 0 amide bonds. The van der Waals surface area contributed by atoms with Gasteiger partial charge in [-0.25, -0.2) is 5.43 Å². The number of aromatic nitrogens is 2. The molecule has 4 heteroatoms. The molecular weight excluding hydrogens is 176 g/mol. The average molecular weight is 188 g/mol. The Morgan fingerprint density at radius 3 is 2.79 bits per heavy atom. The zero-order valence-corrected chi connectivity index (χ0v) is 7.70. The van der Waals surface area contributed by atoms with Crippen molar-refractivity contribution in [1.29, 1.82) is 0 Å². The van der Waals surface area contributed by atoms with E-state index in [2.05, 4.69) is 21.0 Å². The summed E-state index contributed by atoms with van der Waals surface area (Å²) in [5, 5.41) is 7.91. The molecule has 4 nitrogen and oxygen atoms in total. The highest BCUT2D eigenvalue weighted by atomic mass is 15.4. The first kappa shape index (κ1) is 8.77. The summed E-state index contributed by atoms with van der Waals surface area (Å²) in [4.78, 5) is 0. The summed E-state index contributed by atoms with van der Waals surface area (Å²) in [6.07, 6.45) is 5.70. The minimum Gasteiger partial charge on any atom is -0.329 e. The number of H-pyrrole nitrogens is 1. The molecule has 1 aliphatic rings. The molecule has 0 saturated heterocycles. The van der Waals surface area contributed by atoms with Crippen molar-refractivity contribution in [3.05, 3.63) is 42.7 Å². The van der Waals surface area contributed by atoms with Crippen LogP contribution in [0.15, 0.2) is 42.7 Å². The largest absolute Gasteiger partial charge is 0.329 e. The lowest BCUT2D eigenvalue weighted by Gasteiger charge is -1.83. The van der Waals surface area contributed by atoms with Gasteiger partial charge in [-0.05, 0) is 6.07 Å². The van der Waals surface area contributed by atoms with Gasteiger partial charge in [-0.2, -0.15) is 5.10 Å². The van der Waals surface area contributed by atoms with E-state index in [-0.39, 0.29) is 0 Å². The fourth-order valence-corrected chi connectivity index (χ4v) is 1.18.